The largest absolute Gasteiger partial charge is 0.0992 e. The van der Waals surface area contributed by atoms with Gasteiger partial charge < -0.3 is 0 Å². The van der Waals surface area contributed by atoms with Crippen molar-refractivity contribution in [3.05, 3.63) is 0 Å². The second-order valence-electron chi connectivity index (χ2n) is 5.57. The van der Waals surface area contributed by atoms with E-state index in [-0.39, 0.29) is 0 Å². The van der Waals surface area contributed by atoms with E-state index in [1.54, 1.807) is 0 Å². The Morgan fingerprint density at radius 3 is 1.55 bits per heavy atom. The van der Waals surface area contributed by atoms with E-state index in [2.05, 4.69) is 22.6 Å². The van der Waals surface area contributed by atoms with Crippen molar-refractivity contribution in [1.82, 2.24) is 0 Å². The number of rotatable bonds is 1. The van der Waals surface area contributed by atoms with Crippen LogP contribution in [0.15, 0.2) is 0 Å². The molecule has 0 aromatic heterocycles. The molecule has 0 unspecified atom stereocenters. The summed E-state index contributed by atoms with van der Waals surface area (Å²) in [6.07, 6.45) is 6.14. The number of fused-ring (bicyclic) bond motifs is 2. The third-order valence-corrected chi connectivity index (χ3v) is 3.83. The highest BCUT2D eigenvalue weighted by Crippen LogP contribution is 2.56. The standard InChI is InChI=1S/C9H18B2/c1-9(10,11)8-6-2-3-7(8)5-4-6/h6-8H,2-5,10-11H2,1H3. The molecule has 2 saturated carbocycles. The molecule has 2 rings (SSSR count). The van der Waals surface area contributed by atoms with E-state index in [4.69, 9.17) is 0 Å². The van der Waals surface area contributed by atoms with Crippen LogP contribution in [0.1, 0.15) is 32.6 Å². The normalized spacial score (nSPS) is 43.2. The van der Waals surface area contributed by atoms with Crippen LogP contribution < -0.4 is 0 Å². The average Bonchev–Trinajstić information content (AvgIpc) is 2.40. The average molecular weight is 148 g/mol. The minimum absolute atomic E-state index is 0.586. The number of hydrogen-bond donors (Lipinski definition) is 0. The van der Waals surface area contributed by atoms with Crippen molar-refractivity contribution in [3.63, 3.8) is 0 Å². The maximum Gasteiger partial charge on any atom is 0.0992 e. The van der Waals surface area contributed by atoms with E-state index in [9.17, 15) is 0 Å². The zero-order chi connectivity index (χ0) is 8.06. The molecule has 0 aromatic rings. The van der Waals surface area contributed by atoms with Gasteiger partial charge in [-0.2, -0.15) is 0 Å². The van der Waals surface area contributed by atoms with Crippen molar-refractivity contribution >= 4 is 15.7 Å². The smallest absolute Gasteiger partial charge is 0.0840 e. The second kappa shape index (κ2) is 2.31. The van der Waals surface area contributed by atoms with Crippen molar-refractivity contribution in [1.29, 1.82) is 0 Å². The molecule has 0 aliphatic heterocycles. The highest BCUT2D eigenvalue weighted by molar-refractivity contribution is 6.39. The summed E-state index contributed by atoms with van der Waals surface area (Å²) in [5.41, 5.74) is 0. The first-order valence-corrected chi connectivity index (χ1v) is 5.09. The van der Waals surface area contributed by atoms with Gasteiger partial charge in [0.15, 0.2) is 0 Å². The van der Waals surface area contributed by atoms with Gasteiger partial charge in [-0.1, -0.05) is 12.1 Å². The van der Waals surface area contributed by atoms with Crippen molar-refractivity contribution in [2.75, 3.05) is 0 Å². The van der Waals surface area contributed by atoms with Crippen LogP contribution in [0.2, 0.25) is 5.21 Å². The molecule has 60 valence electrons. The molecule has 0 saturated heterocycles. The molecular weight excluding hydrogens is 130 g/mol. The lowest BCUT2D eigenvalue weighted by Gasteiger charge is -2.31. The molecule has 2 fully saturated rings. The highest BCUT2D eigenvalue weighted by Gasteiger charge is 2.46. The first-order chi connectivity index (χ1) is 5.09. The molecule has 0 heterocycles. The van der Waals surface area contributed by atoms with Crippen LogP contribution in [0.4, 0.5) is 0 Å². The van der Waals surface area contributed by atoms with E-state index in [0.29, 0.717) is 5.21 Å². The van der Waals surface area contributed by atoms with Crippen LogP contribution in [0.5, 0.6) is 0 Å². The summed E-state index contributed by atoms with van der Waals surface area (Å²) in [5.74, 6) is 3.25. The molecule has 2 aliphatic carbocycles. The predicted octanol–water partition coefficient (Wildman–Crippen LogP) is 0.825. The fourth-order valence-corrected chi connectivity index (χ4v) is 3.66. The van der Waals surface area contributed by atoms with Crippen LogP contribution >= 0.6 is 0 Å². The fourth-order valence-electron chi connectivity index (χ4n) is 3.66. The third kappa shape index (κ3) is 1.15. The Labute approximate surface area is 72.0 Å². The monoisotopic (exact) mass is 148 g/mol. The Hall–Kier alpha value is 0.130. The first kappa shape index (κ1) is 7.76. The summed E-state index contributed by atoms with van der Waals surface area (Å²) in [7, 11) is 4.85. The van der Waals surface area contributed by atoms with Crippen molar-refractivity contribution < 1.29 is 0 Å². The minimum Gasteiger partial charge on any atom is -0.0840 e. The van der Waals surface area contributed by atoms with E-state index in [1.807, 2.05) is 0 Å². The Balaban J connectivity index is 2.16. The van der Waals surface area contributed by atoms with Crippen LogP contribution in [0.25, 0.3) is 0 Å². The topological polar surface area (TPSA) is 0 Å². The molecule has 0 spiro atoms. The molecule has 0 nitrogen and oxygen atoms in total. The summed E-state index contributed by atoms with van der Waals surface area (Å²) < 4.78 is 0. The molecule has 0 atom stereocenters. The molecule has 0 radical (unpaired) electrons. The van der Waals surface area contributed by atoms with Crippen LogP contribution in [-0.2, 0) is 0 Å². The maximum absolute atomic E-state index is 2.42. The lowest BCUT2D eigenvalue weighted by molar-refractivity contribution is 0.366. The summed E-state index contributed by atoms with van der Waals surface area (Å²) >= 11 is 0. The first-order valence-electron chi connectivity index (χ1n) is 5.09. The van der Waals surface area contributed by atoms with E-state index in [1.165, 1.54) is 25.7 Å². The second-order valence-corrected chi connectivity index (χ2v) is 5.57. The van der Waals surface area contributed by atoms with Gasteiger partial charge >= 0.3 is 0 Å². The Bertz CT molecular complexity index is 139. The Morgan fingerprint density at radius 1 is 1.00 bits per heavy atom. The summed E-state index contributed by atoms with van der Waals surface area (Å²) in [6, 6.07) is 0. The zero-order valence-corrected chi connectivity index (χ0v) is 8.06. The van der Waals surface area contributed by atoms with Gasteiger partial charge in [-0.25, -0.2) is 0 Å². The summed E-state index contributed by atoms with van der Waals surface area (Å²) in [5, 5.41) is 0.586. The molecule has 2 heteroatoms. The highest BCUT2D eigenvalue weighted by atomic mass is 14.5. The Morgan fingerprint density at radius 2 is 1.36 bits per heavy atom. The molecule has 0 N–H and O–H groups in total. The van der Waals surface area contributed by atoms with Gasteiger partial charge in [-0.3, -0.25) is 0 Å². The van der Waals surface area contributed by atoms with E-state index >= 15 is 0 Å². The quantitative estimate of drug-likeness (QED) is 0.483. The fraction of sp³-hybridized carbons (Fsp3) is 1.00. The van der Waals surface area contributed by atoms with Gasteiger partial charge in [0.2, 0.25) is 0 Å². The maximum atomic E-state index is 2.42. The SMILES string of the molecule is BC(B)(C)C1C2CCC1CC2. The minimum atomic E-state index is 0.586. The van der Waals surface area contributed by atoms with Gasteiger partial charge in [-0.05, 0) is 43.4 Å². The lowest BCUT2D eigenvalue weighted by atomic mass is 9.47. The van der Waals surface area contributed by atoms with Gasteiger partial charge in [0.1, 0.15) is 0 Å². The molecule has 0 amide bonds. The van der Waals surface area contributed by atoms with Gasteiger partial charge in [0, 0.05) is 0 Å². The summed E-state index contributed by atoms with van der Waals surface area (Å²) in [6.45, 7) is 2.42. The third-order valence-electron chi connectivity index (χ3n) is 3.83. The Kier molecular flexibility index (Phi) is 1.63. The molecule has 0 aromatic carbocycles. The van der Waals surface area contributed by atoms with E-state index < -0.39 is 0 Å². The summed E-state index contributed by atoms with van der Waals surface area (Å²) in [4.78, 5) is 0. The van der Waals surface area contributed by atoms with Crippen LogP contribution in [0.3, 0.4) is 0 Å². The van der Waals surface area contributed by atoms with Crippen LogP contribution in [-0.4, -0.2) is 15.7 Å². The molecule has 11 heavy (non-hydrogen) atoms. The van der Waals surface area contributed by atoms with Crippen molar-refractivity contribution in [2.45, 2.75) is 37.8 Å². The number of hydrogen-bond acceptors (Lipinski definition) is 0. The predicted molar refractivity (Wildman–Crippen MR) is 54.4 cm³/mol. The van der Waals surface area contributed by atoms with Crippen molar-refractivity contribution in [3.8, 4) is 0 Å². The molecular formula is C9H18B2. The molecule has 2 bridgehead atoms. The zero-order valence-electron chi connectivity index (χ0n) is 8.06. The van der Waals surface area contributed by atoms with Crippen molar-refractivity contribution in [2.24, 2.45) is 17.8 Å². The van der Waals surface area contributed by atoms with Gasteiger partial charge in [0.05, 0.1) is 15.7 Å². The lowest BCUT2D eigenvalue weighted by Crippen LogP contribution is -2.24. The molecule has 2 aliphatic rings. The van der Waals surface area contributed by atoms with Gasteiger partial charge in [0.25, 0.3) is 0 Å². The van der Waals surface area contributed by atoms with E-state index in [0.717, 1.165) is 17.8 Å². The van der Waals surface area contributed by atoms with Crippen LogP contribution in [0, 0.1) is 17.8 Å². The van der Waals surface area contributed by atoms with Gasteiger partial charge in [-0.15, -0.1) is 0 Å².